The molecule has 0 aliphatic rings. The Morgan fingerprint density at radius 1 is 0.565 bits per heavy atom. The number of carbonyl (C=O) groups excluding carboxylic acids is 2. The van der Waals surface area contributed by atoms with Gasteiger partial charge in [-0.2, -0.15) is 0 Å². The van der Waals surface area contributed by atoms with Crippen LogP contribution in [-0.4, -0.2) is 41.0 Å². The number of unbranched alkanes of at least 4 members (excludes halogenated alkanes) is 20. The maximum absolute atomic E-state index is 12.3. The number of phosphoric ester groups is 1. The quantitative estimate of drug-likeness (QED) is 0.0300. The number of hydrogen-bond acceptors (Lipinski definition) is 6. The molecule has 8 nitrogen and oxygen atoms in total. The van der Waals surface area contributed by atoms with Crippen LogP contribution in [0.15, 0.2) is 24.3 Å². The summed E-state index contributed by atoms with van der Waals surface area (Å²) >= 11 is 0. The molecular weight excluding hydrogens is 603 g/mol. The molecule has 0 aromatic heterocycles. The molecule has 0 aliphatic heterocycles. The average molecular weight is 673 g/mol. The maximum atomic E-state index is 12.3. The second-order valence-electron chi connectivity index (χ2n) is 12.6. The first-order valence-electron chi connectivity index (χ1n) is 18.6. The molecule has 0 aromatic carbocycles. The van der Waals surface area contributed by atoms with Crippen molar-refractivity contribution in [2.45, 2.75) is 187 Å². The van der Waals surface area contributed by atoms with E-state index < -0.39 is 32.5 Å². The van der Waals surface area contributed by atoms with Gasteiger partial charge in [-0.15, -0.1) is 0 Å². The molecule has 2 N–H and O–H groups in total. The van der Waals surface area contributed by atoms with E-state index in [9.17, 15) is 14.2 Å². The standard InChI is InChI=1S/C37H69O8P/c1-3-5-7-9-11-13-15-16-17-18-19-20-22-23-25-27-29-31-36(38)43-33-35(34-44-46(40,41)42)45-37(39)32-30-28-26-24-21-14-12-10-8-6-4-2/h11,13,16-17,35H,3-10,12,14-15,18-34H2,1-2H3,(H2,40,41,42)/b13-11-,17-16-/t35-/m1/s1. The Labute approximate surface area is 281 Å². The Morgan fingerprint density at radius 2 is 0.978 bits per heavy atom. The van der Waals surface area contributed by atoms with Crippen LogP contribution in [0, 0.1) is 0 Å². The fourth-order valence-corrected chi connectivity index (χ4v) is 5.53. The van der Waals surface area contributed by atoms with E-state index >= 15 is 0 Å². The zero-order valence-electron chi connectivity index (χ0n) is 29.5. The van der Waals surface area contributed by atoms with Gasteiger partial charge in [0.15, 0.2) is 6.10 Å². The molecule has 1 atom stereocenters. The Balaban J connectivity index is 3.95. The van der Waals surface area contributed by atoms with Gasteiger partial charge in [-0.3, -0.25) is 14.1 Å². The number of hydrogen-bond donors (Lipinski definition) is 2. The molecule has 0 spiro atoms. The van der Waals surface area contributed by atoms with Crippen molar-refractivity contribution < 1.29 is 37.9 Å². The molecule has 0 fully saturated rings. The molecular formula is C37H69O8P. The van der Waals surface area contributed by atoms with Crippen LogP contribution >= 0.6 is 7.82 Å². The third-order valence-corrected chi connectivity index (χ3v) is 8.46. The highest BCUT2D eigenvalue weighted by Gasteiger charge is 2.22. The molecule has 0 saturated carbocycles. The summed E-state index contributed by atoms with van der Waals surface area (Å²) in [6, 6.07) is 0. The number of ether oxygens (including phenoxy) is 2. The molecule has 270 valence electrons. The van der Waals surface area contributed by atoms with Gasteiger partial charge in [-0.25, -0.2) is 4.57 Å². The van der Waals surface area contributed by atoms with Gasteiger partial charge < -0.3 is 19.3 Å². The molecule has 0 amide bonds. The zero-order chi connectivity index (χ0) is 34.0. The molecule has 0 aromatic rings. The van der Waals surface area contributed by atoms with Crippen molar-refractivity contribution in [2.75, 3.05) is 13.2 Å². The van der Waals surface area contributed by atoms with Gasteiger partial charge in [0.25, 0.3) is 0 Å². The van der Waals surface area contributed by atoms with Gasteiger partial charge in [0.2, 0.25) is 0 Å². The molecule has 0 heterocycles. The van der Waals surface area contributed by atoms with Crippen LogP contribution in [-0.2, 0) is 28.2 Å². The number of phosphoric acid groups is 1. The Hall–Kier alpha value is -1.47. The van der Waals surface area contributed by atoms with E-state index in [-0.39, 0.29) is 19.4 Å². The van der Waals surface area contributed by atoms with E-state index in [1.54, 1.807) is 0 Å². The summed E-state index contributed by atoms with van der Waals surface area (Å²) in [7, 11) is -4.74. The van der Waals surface area contributed by atoms with E-state index in [1.165, 1.54) is 89.9 Å². The minimum absolute atomic E-state index is 0.213. The van der Waals surface area contributed by atoms with Gasteiger partial charge in [0.1, 0.15) is 6.61 Å². The van der Waals surface area contributed by atoms with Crippen LogP contribution in [0.25, 0.3) is 0 Å². The molecule has 0 bridgehead atoms. The SMILES string of the molecule is CCCCC/C=C\C/C=C\CCCCCCCCCC(=O)OC[C@H](COP(=O)(O)O)OC(=O)CCCCCCCCCCCCC. The highest BCUT2D eigenvalue weighted by atomic mass is 31.2. The molecule has 0 saturated heterocycles. The summed E-state index contributed by atoms with van der Waals surface area (Å²) in [6.07, 6.45) is 36.1. The topological polar surface area (TPSA) is 119 Å². The lowest BCUT2D eigenvalue weighted by Crippen LogP contribution is -2.29. The first kappa shape index (κ1) is 44.5. The monoisotopic (exact) mass is 672 g/mol. The molecule has 0 rings (SSSR count). The largest absolute Gasteiger partial charge is 0.469 e. The lowest BCUT2D eigenvalue weighted by atomic mass is 10.1. The maximum Gasteiger partial charge on any atom is 0.469 e. The smallest absolute Gasteiger partial charge is 0.462 e. The highest BCUT2D eigenvalue weighted by molar-refractivity contribution is 7.46. The van der Waals surface area contributed by atoms with E-state index in [0.717, 1.165) is 57.8 Å². The zero-order valence-corrected chi connectivity index (χ0v) is 30.4. The second kappa shape index (κ2) is 33.4. The molecule has 46 heavy (non-hydrogen) atoms. The summed E-state index contributed by atoms with van der Waals surface area (Å²) in [4.78, 5) is 42.6. The van der Waals surface area contributed by atoms with Crippen LogP contribution in [0.4, 0.5) is 0 Å². The van der Waals surface area contributed by atoms with Gasteiger partial charge >= 0.3 is 19.8 Å². The van der Waals surface area contributed by atoms with Crippen molar-refractivity contribution >= 4 is 19.8 Å². The van der Waals surface area contributed by atoms with E-state index in [4.69, 9.17) is 19.3 Å². The van der Waals surface area contributed by atoms with Gasteiger partial charge in [-0.1, -0.05) is 147 Å². The molecule has 0 aliphatic carbocycles. The summed E-state index contributed by atoms with van der Waals surface area (Å²) in [5.41, 5.74) is 0. The Morgan fingerprint density at radius 3 is 1.48 bits per heavy atom. The molecule has 0 unspecified atom stereocenters. The van der Waals surface area contributed by atoms with E-state index in [0.29, 0.717) is 6.42 Å². The summed E-state index contributed by atoms with van der Waals surface area (Å²) in [6.45, 7) is 3.63. The normalized spacial score (nSPS) is 12.7. The Kier molecular flexibility index (Phi) is 32.4. The van der Waals surface area contributed by atoms with Gasteiger partial charge in [0.05, 0.1) is 6.61 Å². The van der Waals surface area contributed by atoms with Crippen LogP contribution in [0.5, 0.6) is 0 Å². The second-order valence-corrected chi connectivity index (χ2v) is 13.8. The third kappa shape index (κ3) is 35.4. The third-order valence-electron chi connectivity index (χ3n) is 7.97. The first-order chi connectivity index (χ1) is 22.3. The van der Waals surface area contributed by atoms with Crippen molar-refractivity contribution in [2.24, 2.45) is 0 Å². The van der Waals surface area contributed by atoms with Gasteiger partial charge in [-0.05, 0) is 44.9 Å². The lowest BCUT2D eigenvalue weighted by molar-refractivity contribution is -0.161. The van der Waals surface area contributed by atoms with E-state index in [1.807, 2.05) is 0 Å². The van der Waals surface area contributed by atoms with Gasteiger partial charge in [0, 0.05) is 12.8 Å². The number of rotatable bonds is 34. The van der Waals surface area contributed by atoms with Crippen molar-refractivity contribution in [3.8, 4) is 0 Å². The number of esters is 2. The first-order valence-corrected chi connectivity index (χ1v) is 20.2. The number of carbonyl (C=O) groups is 2. The summed E-state index contributed by atoms with van der Waals surface area (Å²) in [5, 5.41) is 0. The number of allylic oxidation sites excluding steroid dienone is 4. The minimum atomic E-state index is -4.74. The lowest BCUT2D eigenvalue weighted by Gasteiger charge is -2.18. The fraction of sp³-hybridized carbons (Fsp3) is 0.838. The average Bonchev–Trinajstić information content (AvgIpc) is 3.02. The van der Waals surface area contributed by atoms with Crippen molar-refractivity contribution in [3.63, 3.8) is 0 Å². The Bertz CT molecular complexity index is 807. The summed E-state index contributed by atoms with van der Waals surface area (Å²) < 4.78 is 26.3. The minimum Gasteiger partial charge on any atom is -0.462 e. The van der Waals surface area contributed by atoms with Crippen LogP contribution in [0.2, 0.25) is 0 Å². The van der Waals surface area contributed by atoms with Crippen LogP contribution < -0.4 is 0 Å². The van der Waals surface area contributed by atoms with Crippen LogP contribution in [0.3, 0.4) is 0 Å². The van der Waals surface area contributed by atoms with E-state index in [2.05, 4.69) is 42.7 Å². The summed E-state index contributed by atoms with van der Waals surface area (Å²) in [5.74, 6) is -0.891. The molecule has 0 radical (unpaired) electrons. The van der Waals surface area contributed by atoms with Crippen molar-refractivity contribution in [1.82, 2.24) is 0 Å². The van der Waals surface area contributed by atoms with Crippen molar-refractivity contribution in [3.05, 3.63) is 24.3 Å². The molecule has 9 heteroatoms. The predicted molar refractivity (Wildman–Crippen MR) is 189 cm³/mol. The van der Waals surface area contributed by atoms with Crippen LogP contribution in [0.1, 0.15) is 181 Å². The highest BCUT2D eigenvalue weighted by Crippen LogP contribution is 2.36. The van der Waals surface area contributed by atoms with Crippen molar-refractivity contribution in [1.29, 1.82) is 0 Å². The predicted octanol–water partition coefficient (Wildman–Crippen LogP) is 10.8. The fourth-order valence-electron chi connectivity index (χ4n) is 5.17.